The van der Waals surface area contributed by atoms with Crippen molar-refractivity contribution in [3.63, 3.8) is 0 Å². The second-order valence-electron chi connectivity index (χ2n) is 4.40. The van der Waals surface area contributed by atoms with Crippen LogP contribution < -0.4 is 5.43 Å². The van der Waals surface area contributed by atoms with E-state index in [0.717, 1.165) is 6.42 Å². The van der Waals surface area contributed by atoms with E-state index in [9.17, 15) is 0 Å². The third kappa shape index (κ3) is 4.35. The lowest BCUT2D eigenvalue weighted by Gasteiger charge is -2.37. The quantitative estimate of drug-likeness (QED) is 0.491. The van der Waals surface area contributed by atoms with Gasteiger partial charge >= 0.3 is 0 Å². The van der Waals surface area contributed by atoms with Gasteiger partial charge in [-0.2, -0.15) is 0 Å². The van der Waals surface area contributed by atoms with Gasteiger partial charge in [0.1, 0.15) is 0 Å². The summed E-state index contributed by atoms with van der Waals surface area (Å²) >= 11 is 0. The van der Waals surface area contributed by atoms with Crippen LogP contribution in [-0.4, -0.2) is 25.1 Å². The van der Waals surface area contributed by atoms with Crippen LogP contribution in [0.15, 0.2) is 12.7 Å². The number of hydrazine groups is 1. The maximum atomic E-state index is 3.86. The molecule has 0 aliphatic carbocycles. The number of nitrogens with one attached hydrogen (secondary N) is 1. The van der Waals surface area contributed by atoms with E-state index in [0.29, 0.717) is 17.9 Å². The molecule has 0 saturated carbocycles. The molecule has 0 amide bonds. The van der Waals surface area contributed by atoms with Crippen LogP contribution in [0.25, 0.3) is 0 Å². The third-order valence-electron chi connectivity index (χ3n) is 3.50. The van der Waals surface area contributed by atoms with E-state index in [1.165, 1.54) is 12.8 Å². The third-order valence-corrected chi connectivity index (χ3v) is 3.50. The molecule has 0 heterocycles. The predicted molar refractivity (Wildman–Crippen MR) is 68.7 cm³/mol. The van der Waals surface area contributed by atoms with E-state index in [1.807, 2.05) is 13.1 Å². The highest BCUT2D eigenvalue weighted by Gasteiger charge is 2.26. The van der Waals surface area contributed by atoms with Crippen molar-refractivity contribution in [2.45, 2.75) is 46.1 Å². The Kier molecular flexibility index (Phi) is 7.71. The van der Waals surface area contributed by atoms with Gasteiger partial charge in [-0.1, -0.05) is 39.7 Å². The second-order valence-corrected chi connectivity index (χ2v) is 4.40. The Bertz CT molecular complexity index is 158. The first-order valence-corrected chi connectivity index (χ1v) is 6.13. The molecule has 90 valence electrons. The molecule has 0 saturated heterocycles. The first-order chi connectivity index (χ1) is 7.12. The average molecular weight is 212 g/mol. The molecule has 0 aliphatic rings. The summed E-state index contributed by atoms with van der Waals surface area (Å²) in [5.74, 6) is 1.42. The summed E-state index contributed by atoms with van der Waals surface area (Å²) in [6, 6.07) is 0.600. The van der Waals surface area contributed by atoms with Gasteiger partial charge in [0, 0.05) is 13.1 Å². The largest absolute Gasteiger partial charge is 0.258 e. The minimum absolute atomic E-state index is 0.600. The van der Waals surface area contributed by atoms with Gasteiger partial charge in [-0.15, -0.1) is 6.58 Å². The number of hydrogen-bond acceptors (Lipinski definition) is 2. The molecule has 2 heteroatoms. The fourth-order valence-electron chi connectivity index (χ4n) is 2.31. The van der Waals surface area contributed by atoms with Crippen molar-refractivity contribution in [2.75, 3.05) is 14.1 Å². The van der Waals surface area contributed by atoms with Crippen LogP contribution in [0, 0.1) is 11.8 Å². The lowest BCUT2D eigenvalue weighted by Crippen LogP contribution is -2.48. The Morgan fingerprint density at radius 1 is 1.33 bits per heavy atom. The van der Waals surface area contributed by atoms with E-state index in [4.69, 9.17) is 0 Å². The van der Waals surface area contributed by atoms with Crippen molar-refractivity contribution >= 4 is 0 Å². The number of rotatable bonds is 8. The van der Waals surface area contributed by atoms with Gasteiger partial charge in [0.05, 0.1) is 0 Å². The zero-order valence-corrected chi connectivity index (χ0v) is 11.1. The van der Waals surface area contributed by atoms with Crippen molar-refractivity contribution < 1.29 is 0 Å². The van der Waals surface area contributed by atoms with Crippen LogP contribution in [0.1, 0.15) is 40.0 Å². The molecule has 0 rings (SSSR count). The molecule has 0 aromatic heterocycles. The van der Waals surface area contributed by atoms with Crippen molar-refractivity contribution in [3.05, 3.63) is 12.7 Å². The molecule has 0 fully saturated rings. The van der Waals surface area contributed by atoms with Gasteiger partial charge in [0.2, 0.25) is 0 Å². The molecule has 0 aromatic carbocycles. The summed E-state index contributed by atoms with van der Waals surface area (Å²) in [6.45, 7) is 10.7. The molecule has 0 spiro atoms. The first-order valence-electron chi connectivity index (χ1n) is 6.13. The van der Waals surface area contributed by atoms with Crippen molar-refractivity contribution in [3.8, 4) is 0 Å². The summed E-state index contributed by atoms with van der Waals surface area (Å²) in [4.78, 5) is 0. The molecule has 0 aliphatic heterocycles. The van der Waals surface area contributed by atoms with Crippen LogP contribution in [0.4, 0.5) is 0 Å². The summed E-state index contributed by atoms with van der Waals surface area (Å²) in [5.41, 5.74) is 3.25. The minimum Gasteiger partial charge on any atom is -0.258 e. The molecule has 0 radical (unpaired) electrons. The van der Waals surface area contributed by atoms with Gasteiger partial charge in [0.25, 0.3) is 0 Å². The smallest absolute Gasteiger partial charge is 0.0296 e. The molecule has 3 unspecified atom stereocenters. The van der Waals surface area contributed by atoms with Gasteiger partial charge < -0.3 is 0 Å². The summed E-state index contributed by atoms with van der Waals surface area (Å²) in [7, 11) is 4.14. The van der Waals surface area contributed by atoms with Crippen molar-refractivity contribution in [1.29, 1.82) is 0 Å². The normalized spacial score (nSPS) is 17.5. The zero-order valence-electron chi connectivity index (χ0n) is 11.1. The van der Waals surface area contributed by atoms with Gasteiger partial charge in [-0.25, -0.2) is 5.01 Å². The molecule has 0 aromatic rings. The number of hydrogen-bond donors (Lipinski definition) is 1. The Balaban J connectivity index is 4.63. The Morgan fingerprint density at radius 2 is 1.93 bits per heavy atom. The van der Waals surface area contributed by atoms with Crippen LogP contribution in [0.2, 0.25) is 0 Å². The lowest BCUT2D eigenvalue weighted by atomic mass is 9.84. The zero-order chi connectivity index (χ0) is 11.8. The molecule has 3 atom stereocenters. The Labute approximate surface area is 95.7 Å². The van der Waals surface area contributed by atoms with E-state index >= 15 is 0 Å². The van der Waals surface area contributed by atoms with Crippen LogP contribution in [0.5, 0.6) is 0 Å². The average Bonchev–Trinajstić information content (AvgIpc) is 2.27. The monoisotopic (exact) mass is 212 g/mol. The van der Waals surface area contributed by atoms with Gasteiger partial charge in [-0.05, 0) is 25.3 Å². The highest BCUT2D eigenvalue weighted by Crippen LogP contribution is 2.25. The van der Waals surface area contributed by atoms with Crippen molar-refractivity contribution in [1.82, 2.24) is 10.4 Å². The first kappa shape index (κ1) is 14.7. The van der Waals surface area contributed by atoms with Crippen molar-refractivity contribution in [2.24, 2.45) is 11.8 Å². The van der Waals surface area contributed by atoms with Crippen LogP contribution >= 0.6 is 0 Å². The highest BCUT2D eigenvalue weighted by atomic mass is 15.5. The molecular formula is C13H28N2. The SMILES string of the molecule is C=CCC(CC)C(C(C)CC)N(C)NC. The van der Waals surface area contributed by atoms with E-state index in [2.05, 4.69) is 44.8 Å². The van der Waals surface area contributed by atoms with Gasteiger partial charge in [0.15, 0.2) is 0 Å². The molecule has 1 N–H and O–H groups in total. The molecule has 2 nitrogen and oxygen atoms in total. The molecule has 0 bridgehead atoms. The molecular weight excluding hydrogens is 184 g/mol. The topological polar surface area (TPSA) is 15.3 Å². The molecule has 15 heavy (non-hydrogen) atoms. The lowest BCUT2D eigenvalue weighted by molar-refractivity contribution is 0.0792. The van der Waals surface area contributed by atoms with Crippen LogP contribution in [0.3, 0.4) is 0 Å². The maximum absolute atomic E-state index is 3.86. The second kappa shape index (κ2) is 7.89. The summed E-state index contributed by atoms with van der Waals surface area (Å²) in [5, 5.41) is 2.26. The summed E-state index contributed by atoms with van der Waals surface area (Å²) in [6.07, 6.45) is 5.60. The maximum Gasteiger partial charge on any atom is 0.0296 e. The minimum atomic E-state index is 0.600. The predicted octanol–water partition coefficient (Wildman–Crippen LogP) is 3.07. The fourth-order valence-corrected chi connectivity index (χ4v) is 2.31. The fraction of sp³-hybridized carbons (Fsp3) is 0.846. The Morgan fingerprint density at radius 3 is 2.27 bits per heavy atom. The highest BCUT2D eigenvalue weighted by molar-refractivity contribution is 4.84. The number of allylic oxidation sites excluding steroid dienone is 1. The van der Waals surface area contributed by atoms with E-state index in [1.54, 1.807) is 0 Å². The summed E-state index contributed by atoms with van der Waals surface area (Å²) < 4.78 is 0. The number of nitrogens with zero attached hydrogens (tertiary/aromatic N) is 1. The van der Waals surface area contributed by atoms with E-state index in [-0.39, 0.29) is 0 Å². The Hall–Kier alpha value is -0.340. The standard InChI is InChI=1S/C13H28N2/c1-7-10-12(9-3)13(11(4)8-2)15(6)14-5/h7,11-14H,1,8-10H2,2-6H3. The van der Waals surface area contributed by atoms with Crippen LogP contribution in [-0.2, 0) is 0 Å². The van der Waals surface area contributed by atoms with Gasteiger partial charge in [-0.3, -0.25) is 5.43 Å². The van der Waals surface area contributed by atoms with E-state index < -0.39 is 0 Å².